The van der Waals surface area contributed by atoms with Gasteiger partial charge in [0.2, 0.25) is 5.88 Å². The molecule has 24 heavy (non-hydrogen) atoms. The molecule has 0 saturated carbocycles. The third-order valence-electron chi connectivity index (χ3n) is 3.45. The average molecular weight is 342 g/mol. The molecule has 0 spiro atoms. The van der Waals surface area contributed by atoms with E-state index in [1.54, 1.807) is 28.9 Å². The van der Waals surface area contributed by atoms with Gasteiger partial charge in [0.15, 0.2) is 0 Å². The highest BCUT2D eigenvalue weighted by molar-refractivity contribution is 7.77. The number of rotatable bonds is 5. The van der Waals surface area contributed by atoms with Crippen molar-refractivity contribution in [1.29, 1.82) is 5.26 Å². The summed E-state index contributed by atoms with van der Waals surface area (Å²) in [6.07, 6.45) is 4.91. The second-order valence-corrected chi connectivity index (χ2v) is 5.61. The molecule has 3 heterocycles. The minimum atomic E-state index is -2.38. The molecule has 0 aliphatic carbocycles. The molecule has 0 fully saturated rings. The van der Waals surface area contributed by atoms with E-state index in [0.717, 1.165) is 11.1 Å². The van der Waals surface area contributed by atoms with Crippen molar-refractivity contribution in [2.24, 2.45) is 0 Å². The summed E-state index contributed by atoms with van der Waals surface area (Å²) in [6.45, 7) is 0.0664. The number of imidazole rings is 1. The molecule has 3 rings (SSSR count). The summed E-state index contributed by atoms with van der Waals surface area (Å²) in [6, 6.07) is 7.52. The maximum atomic E-state index is 10.7. The Kier molecular flexibility index (Phi) is 4.52. The van der Waals surface area contributed by atoms with Gasteiger partial charge in [-0.1, -0.05) is 0 Å². The van der Waals surface area contributed by atoms with Crippen molar-refractivity contribution < 1.29 is 13.5 Å². The van der Waals surface area contributed by atoms with Crippen LogP contribution >= 0.6 is 0 Å². The normalized spacial score (nSPS) is 12.0. The van der Waals surface area contributed by atoms with Crippen LogP contribution in [0.5, 0.6) is 5.88 Å². The first-order chi connectivity index (χ1) is 11.6. The molecule has 3 aromatic rings. The third kappa shape index (κ3) is 3.11. The van der Waals surface area contributed by atoms with Gasteiger partial charge in [0, 0.05) is 46.9 Å². The average Bonchev–Trinajstić information content (AvgIpc) is 3.01. The maximum Gasteiger partial charge on any atom is 0.217 e. The van der Waals surface area contributed by atoms with Crippen LogP contribution in [-0.4, -0.2) is 30.2 Å². The lowest BCUT2D eigenvalue weighted by atomic mass is 10.1. The van der Waals surface area contributed by atoms with Gasteiger partial charge in [-0.2, -0.15) is 5.26 Å². The van der Waals surface area contributed by atoms with Gasteiger partial charge in [0.1, 0.15) is 17.4 Å². The fourth-order valence-corrected chi connectivity index (χ4v) is 2.61. The van der Waals surface area contributed by atoms with Gasteiger partial charge in [-0.25, -0.2) is 14.7 Å². The summed E-state index contributed by atoms with van der Waals surface area (Å²) in [5, 5.41) is 9.11. The van der Waals surface area contributed by atoms with E-state index in [9.17, 15) is 8.76 Å². The standard InChI is InChI=1S/C15H13N5O3S/c1-23-15-12(7-19-24(21)22)4-11(6-18-15)10-2-3-14-17-8-13(5-16)20(14)9-10/h2-4,6,8-9,19H,7H2,1H3,(H,21,22)/p-1. The van der Waals surface area contributed by atoms with Crippen LogP contribution < -0.4 is 9.46 Å². The topological polar surface area (TPSA) is 115 Å². The summed E-state index contributed by atoms with van der Waals surface area (Å²) in [4.78, 5) is 8.35. The Balaban J connectivity index is 2.04. The van der Waals surface area contributed by atoms with Crippen LogP contribution in [0.4, 0.5) is 0 Å². The van der Waals surface area contributed by atoms with Crippen molar-refractivity contribution in [2.75, 3.05) is 7.11 Å². The number of hydrogen-bond donors (Lipinski definition) is 1. The van der Waals surface area contributed by atoms with E-state index >= 15 is 0 Å². The highest BCUT2D eigenvalue weighted by Crippen LogP contribution is 2.25. The van der Waals surface area contributed by atoms with E-state index in [1.807, 2.05) is 6.07 Å². The number of nitriles is 1. The van der Waals surface area contributed by atoms with Gasteiger partial charge in [-0.05, 0) is 18.2 Å². The fraction of sp³-hybridized carbons (Fsp3) is 0.133. The first kappa shape index (κ1) is 16.1. The van der Waals surface area contributed by atoms with Gasteiger partial charge < -0.3 is 9.29 Å². The summed E-state index contributed by atoms with van der Waals surface area (Å²) >= 11 is -2.38. The van der Waals surface area contributed by atoms with E-state index in [4.69, 9.17) is 10.00 Å². The van der Waals surface area contributed by atoms with Crippen LogP contribution in [0.15, 0.2) is 36.8 Å². The predicted octanol–water partition coefficient (Wildman–Crippen LogP) is 1.16. The minimum absolute atomic E-state index is 0.0664. The molecule has 0 saturated heterocycles. The number of methoxy groups -OCH3 is 1. The molecule has 1 atom stereocenters. The van der Waals surface area contributed by atoms with Crippen molar-refractivity contribution >= 4 is 16.9 Å². The maximum absolute atomic E-state index is 10.7. The van der Waals surface area contributed by atoms with Crippen LogP contribution in [0.3, 0.4) is 0 Å². The largest absolute Gasteiger partial charge is 0.760 e. The van der Waals surface area contributed by atoms with Gasteiger partial charge in [-0.3, -0.25) is 8.61 Å². The Morgan fingerprint density at radius 1 is 1.38 bits per heavy atom. The summed E-state index contributed by atoms with van der Waals surface area (Å²) in [7, 11) is 1.47. The zero-order chi connectivity index (χ0) is 17.1. The second kappa shape index (κ2) is 6.76. The Bertz CT molecular complexity index is 963. The van der Waals surface area contributed by atoms with Crippen LogP contribution in [0.2, 0.25) is 0 Å². The number of pyridine rings is 2. The first-order valence-electron chi connectivity index (χ1n) is 6.85. The van der Waals surface area contributed by atoms with Crippen molar-refractivity contribution in [2.45, 2.75) is 6.54 Å². The van der Waals surface area contributed by atoms with Crippen molar-refractivity contribution in [3.05, 3.63) is 48.0 Å². The molecule has 122 valence electrons. The van der Waals surface area contributed by atoms with E-state index in [2.05, 4.69) is 20.8 Å². The van der Waals surface area contributed by atoms with Gasteiger partial charge in [0.05, 0.1) is 13.3 Å². The van der Waals surface area contributed by atoms with Gasteiger partial charge >= 0.3 is 0 Å². The number of fused-ring (bicyclic) bond motifs is 1. The van der Waals surface area contributed by atoms with Gasteiger partial charge in [-0.15, -0.1) is 0 Å². The fourth-order valence-electron chi connectivity index (χ4n) is 2.34. The molecular weight excluding hydrogens is 330 g/mol. The summed E-state index contributed by atoms with van der Waals surface area (Å²) in [5.41, 5.74) is 3.28. The predicted molar refractivity (Wildman–Crippen MR) is 85.4 cm³/mol. The Morgan fingerprint density at radius 3 is 2.92 bits per heavy atom. The number of nitrogens with zero attached hydrogens (tertiary/aromatic N) is 4. The van der Waals surface area contributed by atoms with Crippen LogP contribution in [0, 0.1) is 11.3 Å². The molecule has 0 amide bonds. The molecule has 8 nitrogen and oxygen atoms in total. The second-order valence-electron chi connectivity index (χ2n) is 4.85. The van der Waals surface area contributed by atoms with Crippen molar-refractivity contribution in [1.82, 2.24) is 19.1 Å². The molecule has 0 bridgehead atoms. The summed E-state index contributed by atoms with van der Waals surface area (Å²) < 4.78 is 30.5. The first-order valence-corrected chi connectivity index (χ1v) is 7.93. The third-order valence-corrected chi connectivity index (χ3v) is 3.83. The molecular formula is C15H12N5O3S-. The molecule has 0 radical (unpaired) electrons. The number of hydrogen-bond acceptors (Lipinski definition) is 6. The van der Waals surface area contributed by atoms with Crippen LogP contribution in [-0.2, 0) is 17.8 Å². The van der Waals surface area contributed by atoms with Crippen molar-refractivity contribution in [3.8, 4) is 23.1 Å². The quantitative estimate of drug-likeness (QED) is 0.696. The zero-order valence-corrected chi connectivity index (χ0v) is 13.4. The monoisotopic (exact) mass is 342 g/mol. The van der Waals surface area contributed by atoms with E-state index in [-0.39, 0.29) is 6.54 Å². The smallest absolute Gasteiger partial charge is 0.217 e. The van der Waals surface area contributed by atoms with E-state index in [0.29, 0.717) is 22.8 Å². The zero-order valence-electron chi connectivity index (χ0n) is 12.6. The minimum Gasteiger partial charge on any atom is -0.760 e. The molecule has 0 aromatic carbocycles. The Labute approximate surface area is 140 Å². The molecule has 0 aliphatic rings. The molecule has 0 aliphatic heterocycles. The molecule has 9 heteroatoms. The van der Waals surface area contributed by atoms with E-state index in [1.165, 1.54) is 13.3 Å². The number of ether oxygens (including phenoxy) is 1. The summed E-state index contributed by atoms with van der Waals surface area (Å²) in [5.74, 6) is 0.345. The lowest BCUT2D eigenvalue weighted by Gasteiger charge is -2.12. The SMILES string of the molecule is COc1ncc(-c2ccc3ncc(C#N)n3c2)cc1CNS(=O)[O-]. The molecule has 1 N–H and O–H groups in total. The molecule has 3 aromatic heterocycles. The van der Waals surface area contributed by atoms with Crippen molar-refractivity contribution in [3.63, 3.8) is 0 Å². The lowest BCUT2D eigenvalue weighted by molar-refractivity contribution is 0.392. The number of aromatic nitrogens is 3. The van der Waals surface area contributed by atoms with Crippen LogP contribution in [0.1, 0.15) is 11.3 Å². The number of nitrogens with one attached hydrogen (secondary N) is 1. The lowest BCUT2D eigenvalue weighted by Crippen LogP contribution is -2.16. The Hall–Kier alpha value is -2.80. The highest BCUT2D eigenvalue weighted by Gasteiger charge is 2.09. The highest BCUT2D eigenvalue weighted by atomic mass is 32.2. The van der Waals surface area contributed by atoms with E-state index < -0.39 is 11.3 Å². The molecule has 1 unspecified atom stereocenters. The van der Waals surface area contributed by atoms with Gasteiger partial charge in [0.25, 0.3) is 0 Å². The Morgan fingerprint density at radius 2 is 2.21 bits per heavy atom. The van der Waals surface area contributed by atoms with Crippen LogP contribution in [0.25, 0.3) is 16.8 Å².